The molecule has 0 aliphatic heterocycles. The number of H-pyrrole nitrogens is 1. The number of methoxy groups -OCH3 is 2. The molecule has 19 aromatic rings. The Labute approximate surface area is 834 Å². The minimum atomic E-state index is -0.616. The lowest BCUT2D eigenvalue weighted by Gasteiger charge is -2.19. The topological polar surface area (TPSA) is 351 Å². The van der Waals surface area contributed by atoms with Crippen LogP contribution in [0.3, 0.4) is 0 Å². The number of hydrogen-bond acceptors (Lipinski definition) is 25. The van der Waals surface area contributed by atoms with Gasteiger partial charge in [0.05, 0.1) is 85.2 Å². The molecule has 9 N–H and O–H groups in total. The molecule has 0 spiro atoms. The van der Waals surface area contributed by atoms with Gasteiger partial charge in [-0.3, -0.25) is 5.10 Å². The second kappa shape index (κ2) is 50.1. The number of aromatic amines is 1. The zero-order valence-electron chi connectivity index (χ0n) is 79.0. The molecule has 0 aliphatic rings. The van der Waals surface area contributed by atoms with E-state index in [1.807, 2.05) is 101 Å². The third kappa shape index (κ3) is 28.0. The van der Waals surface area contributed by atoms with Crippen LogP contribution in [0, 0.1) is 38.5 Å². The molecule has 0 saturated carbocycles. The van der Waals surface area contributed by atoms with E-state index in [2.05, 4.69) is 110 Å². The van der Waals surface area contributed by atoms with E-state index in [0.29, 0.717) is 121 Å². The van der Waals surface area contributed by atoms with Crippen LogP contribution in [0.5, 0.6) is 46.0 Å². The molecule has 0 amide bonds. The Morgan fingerprint density at radius 1 is 0.361 bits per heavy atom. The molecule has 0 bridgehead atoms. The Morgan fingerprint density at radius 3 is 1.04 bits per heavy atom. The summed E-state index contributed by atoms with van der Waals surface area (Å²) >= 11 is 2.16. The first kappa shape index (κ1) is 103. The molecule has 0 fully saturated rings. The van der Waals surface area contributed by atoms with Crippen LogP contribution < -0.4 is 65.5 Å². The molecular weight excluding hydrogens is 1990 g/mol. The summed E-state index contributed by atoms with van der Waals surface area (Å²) in [5, 5.41) is 53.3. The summed E-state index contributed by atoms with van der Waals surface area (Å²) in [6.07, 6.45) is 20.9. The first-order valence-corrected chi connectivity index (χ1v) is 46.2. The number of benzene rings is 8. The fourth-order valence-electron chi connectivity index (χ4n) is 14.7. The van der Waals surface area contributed by atoms with Crippen molar-refractivity contribution in [3.8, 4) is 57.1 Å². The smallest absolute Gasteiger partial charge is 0.170 e. The molecule has 0 saturated heterocycles. The van der Waals surface area contributed by atoms with Crippen molar-refractivity contribution in [1.82, 2.24) is 83.2 Å². The van der Waals surface area contributed by atoms with Crippen molar-refractivity contribution in [2.75, 3.05) is 80.6 Å². The highest BCUT2D eigenvalue weighted by Crippen LogP contribution is 2.37. The first-order chi connectivity index (χ1) is 69.7. The van der Waals surface area contributed by atoms with E-state index in [0.717, 1.165) is 48.6 Å². The second-order valence-electron chi connectivity index (χ2n) is 32.2. The highest BCUT2D eigenvalue weighted by molar-refractivity contribution is 14.1. The zero-order chi connectivity index (χ0) is 102. The van der Waals surface area contributed by atoms with Gasteiger partial charge in [-0.2, -0.15) is 30.6 Å². The standard InChI is InChI=1S/C22H21FN4O2.C19H18F2N6O.C16H15F2IN4O.C16H16F2N4O.C16H18FNO2.C14H13FN4O/c1-15(25-21-10-12-27-22(26-21)9-11-24-27)19-13-17(23)5-8-20(19)29-14-16-3-6-18(28-2)7-4-16;1-12(15-8-14(21)2-3-17(15)28-7-5-20)25-18-4-6-27-19(26-18)16(11-24-27)13-9-22-23-10-13;1-10(12-8-11(18)2-3-14(12)24-7-5-17)21-15-4-6-23-16(22-15)13(19)9-20-23;1-11(13-10-12(18)2-3-14(13)23-9-6-17)20-15-5-8-22-16(21-15)4-7-19-22;1-11(18)15-9-13(17)5-8-16(15)20-10-12-3-6-14(19-2)7-4-12;1-9(11-8-10(15)2-3-12(11)20)17-13-5-7-19-14(18-13)4-6-16-19/h3-13,15H,14H2,1-2H3,(H,25,26);2-4,6,8-12H,5,7H2,1H3,(H,22,23)(H,25,26);2-4,6,8-10H,5,7H2,1H3,(H,21,22);2-5,7-8,10-11H,6,9H2,1H3,(H,20,21);3-9,11H,10,18H2,1-2H3;2-9,20H,1H3,(H,17,18)/t15-;12-;10-;2*11-;9-/m111111/s1. The first-order valence-electron chi connectivity index (χ1n) is 45.1. The van der Waals surface area contributed by atoms with Crippen molar-refractivity contribution < 1.29 is 77.8 Å². The van der Waals surface area contributed by atoms with Gasteiger partial charge in [-0.05, 0) is 239 Å². The van der Waals surface area contributed by atoms with Gasteiger partial charge in [-0.1, -0.05) is 24.3 Å². The van der Waals surface area contributed by atoms with E-state index in [9.17, 15) is 44.6 Å². The molecule has 41 heteroatoms. The Balaban J connectivity index is 0.000000138. The van der Waals surface area contributed by atoms with Crippen LogP contribution in [0.2, 0.25) is 0 Å². The quantitative estimate of drug-likeness (QED) is 0.0137. The van der Waals surface area contributed by atoms with Crippen LogP contribution in [0.1, 0.15) is 122 Å². The molecule has 6 atom stereocenters. The Bertz CT molecular complexity index is 7400. The summed E-state index contributed by atoms with van der Waals surface area (Å²) in [5.74, 6) is 5.22. The van der Waals surface area contributed by atoms with Gasteiger partial charge < -0.3 is 70.6 Å². The summed E-state index contributed by atoms with van der Waals surface area (Å²) in [5.41, 5.74) is 16.7. The zero-order valence-corrected chi connectivity index (χ0v) is 81.2. The van der Waals surface area contributed by atoms with E-state index >= 15 is 0 Å². The molecule has 0 unspecified atom stereocenters. The number of rotatable bonds is 34. The van der Waals surface area contributed by atoms with Gasteiger partial charge in [0.25, 0.3) is 0 Å². The molecule has 144 heavy (non-hydrogen) atoms. The maximum absolute atomic E-state index is 13.9. The van der Waals surface area contributed by atoms with E-state index in [-0.39, 0.29) is 90.9 Å². The maximum atomic E-state index is 13.9. The number of fused-ring (bicyclic) bond motifs is 5. The van der Waals surface area contributed by atoms with Crippen molar-refractivity contribution >= 4 is 79.9 Å². The Hall–Kier alpha value is -16.5. The number of ether oxygens (including phenoxy) is 7. The van der Waals surface area contributed by atoms with Gasteiger partial charge in [0.1, 0.15) is 163 Å². The van der Waals surface area contributed by atoms with E-state index < -0.39 is 25.8 Å². The lowest BCUT2D eigenvalue weighted by molar-refractivity contribution is 0.270. The second-order valence-corrected chi connectivity index (χ2v) is 33.3. The highest BCUT2D eigenvalue weighted by Gasteiger charge is 2.23. The fourth-order valence-corrected chi connectivity index (χ4v) is 15.2. The minimum absolute atomic E-state index is 0.0526. The van der Waals surface area contributed by atoms with Gasteiger partial charge in [0.2, 0.25) is 0 Å². The third-order valence-corrected chi connectivity index (χ3v) is 22.6. The number of aromatic hydroxyl groups is 1. The fraction of sp³-hybridized carbons (Fsp3) is 0.214. The Morgan fingerprint density at radius 2 is 0.681 bits per heavy atom. The van der Waals surface area contributed by atoms with Crippen molar-refractivity contribution in [1.29, 1.82) is 0 Å². The molecule has 31 nitrogen and oxygen atoms in total. The number of nitrogens with zero attached hydrogens (tertiary/aromatic N) is 16. The average Bonchev–Trinajstić information content (AvgIpc) is 1.67. The molecule has 746 valence electrons. The number of phenols is 1. The number of alkyl halides is 3. The maximum Gasteiger partial charge on any atom is 0.170 e. The van der Waals surface area contributed by atoms with Crippen molar-refractivity contribution in [3.63, 3.8) is 0 Å². The van der Waals surface area contributed by atoms with E-state index in [1.165, 1.54) is 97.1 Å². The van der Waals surface area contributed by atoms with E-state index in [4.69, 9.17) is 38.9 Å². The van der Waals surface area contributed by atoms with Crippen molar-refractivity contribution in [3.05, 3.63) is 364 Å². The van der Waals surface area contributed by atoms with Crippen LogP contribution in [0.4, 0.5) is 68.6 Å². The number of anilines is 5. The van der Waals surface area contributed by atoms with Crippen LogP contribution in [0.25, 0.3) is 39.4 Å². The van der Waals surface area contributed by atoms with Gasteiger partial charge in [-0.15, -0.1) is 0 Å². The van der Waals surface area contributed by atoms with Crippen LogP contribution >= 0.6 is 22.6 Å². The number of nitrogens with one attached hydrogen (secondary N) is 6. The minimum Gasteiger partial charge on any atom is -0.508 e. The average molecular weight is 2090 g/mol. The van der Waals surface area contributed by atoms with Crippen molar-refractivity contribution in [2.24, 2.45) is 5.73 Å². The predicted molar refractivity (Wildman–Crippen MR) is 537 cm³/mol. The molecular formula is C103H101F9IN23O8. The van der Waals surface area contributed by atoms with Crippen LogP contribution in [0.15, 0.2) is 281 Å². The normalized spacial score (nSPS) is 12.2. The summed E-state index contributed by atoms with van der Waals surface area (Å²) in [6.45, 7) is 9.89. The SMILES string of the molecule is COc1ccc(COc2ccc(F)cc2[C@@H](C)N)cc1.COc1ccc(COc2ccc(F)cc2[C@@H](C)Nc2ccn3nccc3n2)cc1.C[C@@H](Nc1ccn2ncc(-c3cn[nH]c3)c2n1)c1cc(F)ccc1OCCF.C[C@@H](Nc1ccn2ncc(I)c2n1)c1cc(F)ccc1OCCF.C[C@@H](Nc1ccn2nccc2n1)c1cc(F)ccc1O.C[C@@H](Nc1ccn2nccc2n1)c1cc(F)ccc1OCCF. The highest BCUT2D eigenvalue weighted by atomic mass is 127. The van der Waals surface area contributed by atoms with Gasteiger partial charge >= 0.3 is 0 Å². The Kier molecular flexibility index (Phi) is 36.0. The summed E-state index contributed by atoms with van der Waals surface area (Å²) < 4.78 is 166. The lowest BCUT2D eigenvalue weighted by atomic mass is 10.1. The number of phenolic OH excluding ortho intramolecular Hbond substituents is 1. The summed E-state index contributed by atoms with van der Waals surface area (Å²) in [6, 6.07) is 53.3. The molecule has 0 radical (unpaired) electrons. The summed E-state index contributed by atoms with van der Waals surface area (Å²) in [7, 11) is 3.25. The van der Waals surface area contributed by atoms with Gasteiger partial charge in [-0.25, -0.2) is 87.0 Å². The van der Waals surface area contributed by atoms with Crippen molar-refractivity contribution in [2.45, 2.75) is 91.0 Å². The number of halogens is 10. The lowest BCUT2D eigenvalue weighted by Crippen LogP contribution is -2.11. The largest absolute Gasteiger partial charge is 0.508 e. The number of hydrogen-bond donors (Lipinski definition) is 8. The predicted octanol–water partition coefficient (Wildman–Crippen LogP) is 22.0. The van der Waals surface area contributed by atoms with Crippen LogP contribution in [-0.2, 0) is 13.2 Å². The monoisotopic (exact) mass is 2090 g/mol. The molecule has 8 aromatic carbocycles. The summed E-state index contributed by atoms with van der Waals surface area (Å²) in [4.78, 5) is 22.4. The molecule has 11 aromatic heterocycles. The van der Waals surface area contributed by atoms with Gasteiger partial charge in [0, 0.05) is 106 Å². The number of nitrogens with two attached hydrogens (primary N) is 1. The molecule has 19 rings (SSSR count). The van der Waals surface area contributed by atoms with E-state index in [1.54, 1.807) is 160 Å². The van der Waals surface area contributed by atoms with Gasteiger partial charge in [0.15, 0.2) is 28.2 Å². The number of aromatic nitrogens is 17. The molecule has 11 heterocycles. The third-order valence-electron chi connectivity index (χ3n) is 21.9. The van der Waals surface area contributed by atoms with Crippen LogP contribution in [-0.4, -0.2) is 142 Å². The molecule has 0 aliphatic carbocycles.